The standard InChI is InChI=1S/C28H23FN4O3S/c1-33-25(32-22-12-23(27(34)35)37-26(22)33)19-13-28(19)9-7-17(8-10-28)21-3-2-4-24(31-21)36-15-18-6-5-16(14-30)11-20(18)29/h2-7,11-12,19H,8-10,13,15H2,1H3,(H,34,35). The van der Waals surface area contributed by atoms with E-state index in [1.54, 1.807) is 24.3 Å². The fraction of sp³-hybridized carbons (Fsp3) is 0.286. The molecule has 2 atom stereocenters. The van der Waals surface area contributed by atoms with Crippen molar-refractivity contribution in [2.24, 2.45) is 12.5 Å². The molecule has 6 rings (SSSR count). The van der Waals surface area contributed by atoms with Crippen LogP contribution in [-0.2, 0) is 13.7 Å². The fourth-order valence-corrected chi connectivity index (χ4v) is 6.24. The van der Waals surface area contributed by atoms with Crippen LogP contribution in [0, 0.1) is 22.6 Å². The van der Waals surface area contributed by atoms with E-state index in [1.165, 1.54) is 23.0 Å². The van der Waals surface area contributed by atoms with E-state index >= 15 is 0 Å². The number of fused-ring (bicyclic) bond motifs is 1. The zero-order valence-electron chi connectivity index (χ0n) is 20.1. The van der Waals surface area contributed by atoms with Crippen molar-refractivity contribution in [2.75, 3.05) is 0 Å². The molecule has 0 bridgehead atoms. The largest absolute Gasteiger partial charge is 0.477 e. The number of carboxylic acids is 1. The summed E-state index contributed by atoms with van der Waals surface area (Å²) in [6, 6.07) is 13.5. The Bertz CT molecular complexity index is 1630. The highest BCUT2D eigenvalue weighted by molar-refractivity contribution is 7.20. The van der Waals surface area contributed by atoms with Crippen molar-refractivity contribution in [3.8, 4) is 11.9 Å². The summed E-state index contributed by atoms with van der Waals surface area (Å²) in [6.07, 6.45) is 6.22. The Morgan fingerprint density at radius 2 is 2.19 bits per heavy atom. The summed E-state index contributed by atoms with van der Waals surface area (Å²) in [5.74, 6) is 0.457. The zero-order valence-corrected chi connectivity index (χ0v) is 20.9. The summed E-state index contributed by atoms with van der Waals surface area (Å²) >= 11 is 1.27. The molecular formula is C28H23FN4O3S. The third-order valence-corrected chi connectivity index (χ3v) is 8.74. The van der Waals surface area contributed by atoms with Crippen LogP contribution < -0.4 is 4.74 Å². The van der Waals surface area contributed by atoms with Gasteiger partial charge in [0.15, 0.2) is 0 Å². The van der Waals surface area contributed by atoms with E-state index in [2.05, 4.69) is 15.6 Å². The van der Waals surface area contributed by atoms with Gasteiger partial charge in [0.05, 0.1) is 17.3 Å². The van der Waals surface area contributed by atoms with Gasteiger partial charge >= 0.3 is 5.97 Å². The van der Waals surface area contributed by atoms with Crippen molar-refractivity contribution in [3.05, 3.63) is 81.9 Å². The van der Waals surface area contributed by atoms with Crippen molar-refractivity contribution >= 4 is 33.2 Å². The quantitative estimate of drug-likeness (QED) is 0.336. The summed E-state index contributed by atoms with van der Waals surface area (Å²) in [5, 5.41) is 18.2. The van der Waals surface area contributed by atoms with Gasteiger partial charge in [-0.2, -0.15) is 5.26 Å². The van der Waals surface area contributed by atoms with Crippen molar-refractivity contribution in [1.29, 1.82) is 5.26 Å². The number of aromatic carboxylic acids is 1. The number of ether oxygens (including phenoxy) is 1. The molecule has 9 heteroatoms. The molecular weight excluding hydrogens is 491 g/mol. The molecule has 4 aromatic rings. The molecule has 1 aromatic carbocycles. The Labute approximate surface area is 216 Å². The fourth-order valence-electron chi connectivity index (χ4n) is 5.33. The molecule has 1 spiro atoms. The highest BCUT2D eigenvalue weighted by Crippen LogP contribution is 2.66. The second-order valence-corrected chi connectivity index (χ2v) is 10.8. The second kappa shape index (κ2) is 8.82. The number of carbonyl (C=O) groups is 1. The lowest BCUT2D eigenvalue weighted by Gasteiger charge is -2.22. The number of halogens is 1. The van der Waals surface area contributed by atoms with Crippen molar-refractivity contribution in [3.63, 3.8) is 0 Å². The average Bonchev–Trinajstić information content (AvgIpc) is 3.26. The molecule has 0 amide bonds. The van der Waals surface area contributed by atoms with Crippen LogP contribution in [0.1, 0.15) is 63.9 Å². The number of thiophene rings is 1. The average molecular weight is 515 g/mol. The Hall–Kier alpha value is -4.03. The normalized spacial score (nSPS) is 20.6. The van der Waals surface area contributed by atoms with Gasteiger partial charge in [-0.1, -0.05) is 18.2 Å². The Morgan fingerprint density at radius 1 is 1.32 bits per heavy atom. The number of pyridine rings is 1. The van der Waals surface area contributed by atoms with Crippen LogP contribution in [0.2, 0.25) is 0 Å². The predicted octanol–water partition coefficient (Wildman–Crippen LogP) is 6.06. The summed E-state index contributed by atoms with van der Waals surface area (Å²) in [6.45, 7) is 0.0346. The maximum Gasteiger partial charge on any atom is 0.346 e. The predicted molar refractivity (Wildman–Crippen MR) is 137 cm³/mol. The van der Waals surface area contributed by atoms with Gasteiger partial charge in [-0.3, -0.25) is 0 Å². The Kier molecular flexibility index (Phi) is 5.57. The minimum absolute atomic E-state index is 0.0346. The number of nitriles is 1. The number of nitrogens with zero attached hydrogens (tertiary/aromatic N) is 4. The SMILES string of the molecule is Cn1c(C2CC23CC=C(c2cccc(OCc4ccc(C#N)cc4F)n2)CC3)nc2cc(C(=O)O)sc21. The minimum atomic E-state index is -0.915. The Morgan fingerprint density at radius 3 is 2.89 bits per heavy atom. The van der Waals surface area contributed by atoms with E-state index in [0.717, 1.165) is 47.5 Å². The van der Waals surface area contributed by atoms with Crippen molar-refractivity contribution in [2.45, 2.75) is 38.2 Å². The van der Waals surface area contributed by atoms with Crippen LogP contribution in [-0.4, -0.2) is 25.6 Å². The van der Waals surface area contributed by atoms with Crippen LogP contribution in [0.3, 0.4) is 0 Å². The van der Waals surface area contributed by atoms with Gasteiger partial charge in [0.1, 0.15) is 33.5 Å². The number of hydrogen-bond donors (Lipinski definition) is 1. The van der Waals surface area contributed by atoms with Crippen LogP contribution in [0.5, 0.6) is 5.88 Å². The summed E-state index contributed by atoms with van der Waals surface area (Å²) in [7, 11) is 1.97. The number of carboxylic acid groups (broad SMARTS) is 1. The maximum absolute atomic E-state index is 14.2. The number of aromatic nitrogens is 3. The smallest absolute Gasteiger partial charge is 0.346 e. The molecule has 7 nitrogen and oxygen atoms in total. The topological polar surface area (TPSA) is 101 Å². The number of hydrogen-bond acceptors (Lipinski definition) is 6. The molecule has 0 saturated heterocycles. The molecule has 2 unspecified atom stereocenters. The number of allylic oxidation sites excluding steroid dienone is 2. The number of rotatable bonds is 6. The molecule has 2 aliphatic carbocycles. The lowest BCUT2D eigenvalue weighted by atomic mass is 9.83. The van der Waals surface area contributed by atoms with Crippen LogP contribution in [0.25, 0.3) is 15.9 Å². The molecule has 1 fully saturated rings. The van der Waals surface area contributed by atoms with Gasteiger partial charge in [0.25, 0.3) is 0 Å². The third-order valence-electron chi connectivity index (χ3n) is 7.55. The first-order chi connectivity index (χ1) is 17.9. The number of imidazole rings is 1. The van der Waals surface area contributed by atoms with Crippen molar-refractivity contribution in [1.82, 2.24) is 14.5 Å². The summed E-state index contributed by atoms with van der Waals surface area (Å²) in [5.41, 5.74) is 3.65. The van der Waals surface area contributed by atoms with E-state index in [1.807, 2.05) is 25.2 Å². The second-order valence-electron chi connectivity index (χ2n) is 9.76. The van der Waals surface area contributed by atoms with E-state index in [0.29, 0.717) is 22.2 Å². The first-order valence-corrected chi connectivity index (χ1v) is 12.9. The maximum atomic E-state index is 14.2. The highest BCUT2D eigenvalue weighted by atomic mass is 32.1. The molecule has 3 heterocycles. The molecule has 3 aromatic heterocycles. The third kappa shape index (κ3) is 4.17. The first kappa shape index (κ1) is 23.4. The lowest BCUT2D eigenvalue weighted by Crippen LogP contribution is -2.11. The van der Waals surface area contributed by atoms with Gasteiger partial charge in [-0.05, 0) is 60.9 Å². The number of aryl methyl sites for hydroxylation is 1. The zero-order chi connectivity index (χ0) is 25.7. The van der Waals surface area contributed by atoms with Crippen LogP contribution in [0.4, 0.5) is 4.39 Å². The van der Waals surface area contributed by atoms with E-state index in [4.69, 9.17) is 15.0 Å². The van der Waals surface area contributed by atoms with Crippen LogP contribution >= 0.6 is 11.3 Å². The highest BCUT2D eigenvalue weighted by Gasteiger charge is 2.56. The summed E-state index contributed by atoms with van der Waals surface area (Å²) < 4.78 is 22.0. The minimum Gasteiger partial charge on any atom is -0.477 e. The summed E-state index contributed by atoms with van der Waals surface area (Å²) in [4.78, 5) is 22.0. The molecule has 37 heavy (non-hydrogen) atoms. The van der Waals surface area contributed by atoms with Gasteiger partial charge in [0.2, 0.25) is 5.88 Å². The van der Waals surface area contributed by atoms with Gasteiger partial charge in [0, 0.05) is 24.6 Å². The monoisotopic (exact) mass is 514 g/mol. The van der Waals surface area contributed by atoms with Crippen LogP contribution in [0.15, 0.2) is 48.5 Å². The van der Waals surface area contributed by atoms with Gasteiger partial charge in [-0.15, -0.1) is 11.3 Å². The van der Waals surface area contributed by atoms with Gasteiger partial charge < -0.3 is 14.4 Å². The Balaban J connectivity index is 1.14. The molecule has 1 N–H and O–H groups in total. The van der Waals surface area contributed by atoms with E-state index in [9.17, 15) is 14.3 Å². The molecule has 0 radical (unpaired) electrons. The molecule has 0 aliphatic heterocycles. The van der Waals surface area contributed by atoms with E-state index in [-0.39, 0.29) is 17.6 Å². The van der Waals surface area contributed by atoms with Gasteiger partial charge in [-0.25, -0.2) is 19.2 Å². The van der Waals surface area contributed by atoms with Crippen molar-refractivity contribution < 1.29 is 19.0 Å². The molecule has 186 valence electrons. The molecule has 2 aliphatic rings. The van der Waals surface area contributed by atoms with E-state index < -0.39 is 11.8 Å². The lowest BCUT2D eigenvalue weighted by molar-refractivity contribution is 0.0702. The molecule has 1 saturated carbocycles. The first-order valence-electron chi connectivity index (χ1n) is 12.0. The number of benzene rings is 1.